The second-order valence-corrected chi connectivity index (χ2v) is 8.12. The van der Waals surface area contributed by atoms with Gasteiger partial charge in [-0.2, -0.15) is 0 Å². The summed E-state index contributed by atoms with van der Waals surface area (Å²) in [7, 11) is 0. The van der Waals surface area contributed by atoms with Crippen LogP contribution < -0.4 is 10.6 Å². The number of hydrogen-bond donors (Lipinski definition) is 2. The lowest BCUT2D eigenvalue weighted by Crippen LogP contribution is -2.23. The number of hydrogen-bond acceptors (Lipinski definition) is 4. The molecule has 0 aliphatic heterocycles. The first-order chi connectivity index (χ1) is 15.5. The Kier molecular flexibility index (Phi) is 6.69. The minimum Gasteiger partial charge on any atom is -0.376 e. The molecule has 0 fully saturated rings. The van der Waals surface area contributed by atoms with Gasteiger partial charge in [-0.15, -0.1) is 0 Å². The smallest absolute Gasteiger partial charge is 0.246 e. The highest BCUT2D eigenvalue weighted by Gasteiger charge is 2.11. The van der Waals surface area contributed by atoms with Gasteiger partial charge >= 0.3 is 0 Å². The molecule has 32 heavy (non-hydrogen) atoms. The highest BCUT2D eigenvalue weighted by molar-refractivity contribution is 6.30. The first-order valence-corrected chi connectivity index (χ1v) is 10.7. The van der Waals surface area contributed by atoms with Gasteiger partial charge in [-0.05, 0) is 49.4 Å². The molecule has 5 nitrogen and oxygen atoms in total. The maximum absolute atomic E-state index is 12.5. The molecule has 0 radical (unpaired) electrons. The molecule has 160 valence electrons. The molecule has 7 heteroatoms. The monoisotopic (exact) mass is 462 g/mol. The molecule has 3 aromatic carbocycles. The molecule has 1 amide bonds. The minimum atomic E-state index is -0.249. The number of aromatic nitrogens is 2. The summed E-state index contributed by atoms with van der Waals surface area (Å²) in [5.74, 6) is -0.0287. The average molecular weight is 463 g/mol. The highest BCUT2D eigenvalue weighted by atomic mass is 35.5. The molecular weight excluding hydrogens is 443 g/mol. The van der Waals surface area contributed by atoms with E-state index >= 15 is 0 Å². The van der Waals surface area contributed by atoms with E-state index in [-0.39, 0.29) is 18.4 Å². The van der Waals surface area contributed by atoms with Crippen molar-refractivity contribution in [1.29, 1.82) is 0 Å². The molecule has 0 atom stereocenters. The van der Waals surface area contributed by atoms with Gasteiger partial charge in [-0.1, -0.05) is 65.2 Å². The zero-order valence-electron chi connectivity index (χ0n) is 17.3. The second kappa shape index (κ2) is 9.81. The number of rotatable bonds is 6. The summed E-state index contributed by atoms with van der Waals surface area (Å²) in [6.45, 7) is 2.10. The molecule has 0 aliphatic carbocycles. The van der Waals surface area contributed by atoms with Crippen molar-refractivity contribution in [2.45, 2.75) is 6.92 Å². The van der Waals surface area contributed by atoms with Crippen LogP contribution in [-0.4, -0.2) is 22.4 Å². The van der Waals surface area contributed by atoms with Crippen molar-refractivity contribution in [3.63, 3.8) is 0 Å². The van der Waals surface area contributed by atoms with E-state index in [1.165, 1.54) is 0 Å². The van der Waals surface area contributed by atoms with Crippen molar-refractivity contribution in [2.24, 2.45) is 0 Å². The van der Waals surface area contributed by atoms with E-state index in [0.717, 1.165) is 22.4 Å². The third-order valence-corrected chi connectivity index (χ3v) is 5.27. The first-order valence-electron chi connectivity index (χ1n) is 9.98. The summed E-state index contributed by atoms with van der Waals surface area (Å²) in [4.78, 5) is 21.6. The number of carbonyl (C=O) groups excluding carboxylic acids is 1. The molecule has 0 unspecified atom stereocenters. The van der Waals surface area contributed by atoms with Crippen molar-refractivity contribution in [2.75, 3.05) is 17.2 Å². The highest BCUT2D eigenvalue weighted by Crippen LogP contribution is 2.27. The molecular formula is C25H20Cl2N4O. The molecule has 0 spiro atoms. The maximum atomic E-state index is 12.5. The summed E-state index contributed by atoms with van der Waals surface area (Å²) in [6.07, 6.45) is 0. The van der Waals surface area contributed by atoms with E-state index in [2.05, 4.69) is 20.6 Å². The fourth-order valence-corrected chi connectivity index (χ4v) is 3.31. The van der Waals surface area contributed by atoms with Crippen LogP contribution in [0, 0.1) is 6.92 Å². The predicted molar refractivity (Wildman–Crippen MR) is 131 cm³/mol. The van der Waals surface area contributed by atoms with Gasteiger partial charge in [0, 0.05) is 26.9 Å². The van der Waals surface area contributed by atoms with Gasteiger partial charge in [0.2, 0.25) is 11.9 Å². The molecule has 4 aromatic rings. The SMILES string of the molecule is Cc1ccc(NCC(=O)Nc2nc(-c3ccc(Cl)cc3)cc(-c3ccc(Cl)cc3)n2)cc1. The number of nitrogens with zero attached hydrogens (tertiary/aromatic N) is 2. The van der Waals surface area contributed by atoms with Crippen molar-refractivity contribution in [3.8, 4) is 22.5 Å². The Morgan fingerprint density at radius 1 is 0.781 bits per heavy atom. The average Bonchev–Trinajstić information content (AvgIpc) is 2.79. The minimum absolute atomic E-state index is 0.0911. The Bertz CT molecular complexity index is 1160. The zero-order valence-corrected chi connectivity index (χ0v) is 18.8. The second-order valence-electron chi connectivity index (χ2n) is 7.24. The lowest BCUT2D eigenvalue weighted by molar-refractivity contribution is -0.114. The van der Waals surface area contributed by atoms with E-state index < -0.39 is 0 Å². The van der Waals surface area contributed by atoms with Crippen molar-refractivity contribution in [1.82, 2.24) is 9.97 Å². The lowest BCUT2D eigenvalue weighted by atomic mass is 10.1. The fraction of sp³-hybridized carbons (Fsp3) is 0.0800. The van der Waals surface area contributed by atoms with Crippen LogP contribution >= 0.6 is 23.2 Å². The summed E-state index contributed by atoms with van der Waals surface area (Å²) in [5, 5.41) is 7.16. The van der Waals surface area contributed by atoms with Crippen molar-refractivity contribution < 1.29 is 4.79 Å². The van der Waals surface area contributed by atoms with Crippen LogP contribution in [0.15, 0.2) is 78.9 Å². The van der Waals surface area contributed by atoms with Crippen LogP contribution in [0.4, 0.5) is 11.6 Å². The van der Waals surface area contributed by atoms with Crippen LogP contribution in [0.2, 0.25) is 10.0 Å². The number of anilines is 2. The Labute approximate surface area is 196 Å². The number of amides is 1. The zero-order chi connectivity index (χ0) is 22.5. The third-order valence-electron chi connectivity index (χ3n) is 4.76. The topological polar surface area (TPSA) is 66.9 Å². The standard InChI is InChI=1S/C25H20Cl2N4O/c1-16-2-12-21(13-3-16)28-15-24(32)31-25-29-22(17-4-8-19(26)9-5-17)14-23(30-25)18-6-10-20(27)11-7-18/h2-14,28H,15H2,1H3,(H,29,30,31,32). The number of nitrogens with one attached hydrogen (secondary N) is 2. The molecule has 0 bridgehead atoms. The summed E-state index contributed by atoms with van der Waals surface area (Å²) in [6, 6.07) is 24.4. The first kappa shape index (κ1) is 21.8. The quantitative estimate of drug-likeness (QED) is 0.344. The third kappa shape index (κ3) is 5.63. The molecule has 4 rings (SSSR count). The van der Waals surface area contributed by atoms with Gasteiger partial charge in [0.15, 0.2) is 0 Å². The molecule has 1 heterocycles. The van der Waals surface area contributed by atoms with Crippen LogP contribution in [0.3, 0.4) is 0 Å². The molecule has 0 aliphatic rings. The number of benzene rings is 3. The number of halogens is 2. The van der Waals surface area contributed by atoms with E-state index in [4.69, 9.17) is 23.2 Å². The van der Waals surface area contributed by atoms with Gasteiger partial charge in [0.25, 0.3) is 0 Å². The van der Waals surface area contributed by atoms with Crippen LogP contribution in [-0.2, 0) is 4.79 Å². The van der Waals surface area contributed by atoms with E-state index in [9.17, 15) is 4.79 Å². The van der Waals surface area contributed by atoms with Crippen molar-refractivity contribution in [3.05, 3.63) is 94.5 Å². The van der Waals surface area contributed by atoms with Gasteiger partial charge in [0.1, 0.15) is 0 Å². The largest absolute Gasteiger partial charge is 0.376 e. The molecule has 0 saturated heterocycles. The number of carbonyl (C=O) groups is 1. The summed E-state index contributed by atoms with van der Waals surface area (Å²) in [5.41, 5.74) is 5.08. The van der Waals surface area contributed by atoms with Crippen LogP contribution in [0.5, 0.6) is 0 Å². The lowest BCUT2D eigenvalue weighted by Gasteiger charge is -2.11. The van der Waals surface area contributed by atoms with Gasteiger partial charge < -0.3 is 5.32 Å². The molecule has 0 saturated carbocycles. The Hall–Kier alpha value is -3.41. The predicted octanol–water partition coefficient (Wildman–Crippen LogP) is 6.48. The van der Waals surface area contributed by atoms with Gasteiger partial charge in [-0.3, -0.25) is 10.1 Å². The van der Waals surface area contributed by atoms with E-state index in [1.54, 1.807) is 24.3 Å². The van der Waals surface area contributed by atoms with E-state index in [1.807, 2.05) is 61.5 Å². The summed E-state index contributed by atoms with van der Waals surface area (Å²) >= 11 is 12.1. The fourth-order valence-electron chi connectivity index (χ4n) is 3.06. The van der Waals surface area contributed by atoms with Gasteiger partial charge in [0.05, 0.1) is 17.9 Å². The Morgan fingerprint density at radius 2 is 1.28 bits per heavy atom. The Balaban J connectivity index is 1.59. The maximum Gasteiger partial charge on any atom is 0.246 e. The van der Waals surface area contributed by atoms with Gasteiger partial charge in [-0.25, -0.2) is 9.97 Å². The van der Waals surface area contributed by atoms with Crippen molar-refractivity contribution >= 4 is 40.7 Å². The van der Waals surface area contributed by atoms with E-state index in [0.29, 0.717) is 21.4 Å². The van der Waals surface area contributed by atoms with Crippen LogP contribution in [0.25, 0.3) is 22.5 Å². The van der Waals surface area contributed by atoms with Crippen LogP contribution in [0.1, 0.15) is 5.56 Å². The normalized spacial score (nSPS) is 10.6. The molecule has 1 aromatic heterocycles. The number of aryl methyl sites for hydroxylation is 1. The summed E-state index contributed by atoms with van der Waals surface area (Å²) < 4.78 is 0. The molecule has 2 N–H and O–H groups in total. The Morgan fingerprint density at radius 3 is 1.78 bits per heavy atom.